The SMILES string of the molecule is CC(O)C(=O)N1CCc2c(ncn2CCc2ccccc2)C1. The van der Waals surface area contributed by atoms with Gasteiger partial charge in [0.15, 0.2) is 0 Å². The van der Waals surface area contributed by atoms with Crippen LogP contribution in [0.5, 0.6) is 0 Å². The largest absolute Gasteiger partial charge is 0.384 e. The molecule has 1 unspecified atom stereocenters. The minimum absolute atomic E-state index is 0.218. The average Bonchev–Trinajstić information content (AvgIpc) is 2.95. The van der Waals surface area contributed by atoms with Gasteiger partial charge in [-0.2, -0.15) is 0 Å². The summed E-state index contributed by atoms with van der Waals surface area (Å²) in [5, 5.41) is 9.42. The van der Waals surface area contributed by atoms with E-state index in [4.69, 9.17) is 0 Å². The number of aryl methyl sites for hydroxylation is 2. The van der Waals surface area contributed by atoms with Crippen molar-refractivity contribution in [3.63, 3.8) is 0 Å². The normalized spacial score (nSPS) is 15.5. The van der Waals surface area contributed by atoms with Crippen LogP contribution in [0.25, 0.3) is 0 Å². The molecule has 0 saturated heterocycles. The predicted octanol–water partition coefficient (Wildman–Crippen LogP) is 1.39. The minimum atomic E-state index is -0.943. The van der Waals surface area contributed by atoms with E-state index in [-0.39, 0.29) is 5.91 Å². The third-order valence-electron chi connectivity index (χ3n) is 4.15. The van der Waals surface area contributed by atoms with Crippen LogP contribution >= 0.6 is 0 Å². The average molecular weight is 299 g/mol. The lowest BCUT2D eigenvalue weighted by Gasteiger charge is -2.28. The number of hydrogen-bond acceptors (Lipinski definition) is 3. The smallest absolute Gasteiger partial charge is 0.251 e. The van der Waals surface area contributed by atoms with Crippen molar-refractivity contribution < 1.29 is 9.90 Å². The number of benzene rings is 1. The molecule has 1 aliphatic rings. The number of aromatic nitrogens is 2. The van der Waals surface area contributed by atoms with Crippen molar-refractivity contribution in [3.8, 4) is 0 Å². The van der Waals surface area contributed by atoms with Crippen LogP contribution in [0.3, 0.4) is 0 Å². The molecule has 0 bridgehead atoms. The Hall–Kier alpha value is -2.14. The fourth-order valence-corrected chi connectivity index (χ4v) is 2.91. The number of aliphatic hydroxyl groups excluding tert-OH is 1. The van der Waals surface area contributed by atoms with Crippen LogP contribution in [-0.2, 0) is 30.7 Å². The second kappa shape index (κ2) is 6.32. The van der Waals surface area contributed by atoms with Crippen LogP contribution < -0.4 is 0 Å². The number of carbonyl (C=O) groups excluding carboxylic acids is 1. The molecule has 1 aliphatic heterocycles. The summed E-state index contributed by atoms with van der Waals surface area (Å²) in [6, 6.07) is 10.4. The molecule has 1 N–H and O–H groups in total. The molecule has 1 atom stereocenters. The highest BCUT2D eigenvalue weighted by molar-refractivity contribution is 5.80. The van der Waals surface area contributed by atoms with Gasteiger partial charge in [0.05, 0.1) is 18.6 Å². The minimum Gasteiger partial charge on any atom is -0.384 e. The molecule has 1 amide bonds. The topological polar surface area (TPSA) is 58.4 Å². The first-order chi connectivity index (χ1) is 10.6. The Labute approximate surface area is 130 Å². The maximum atomic E-state index is 11.9. The number of aliphatic hydroxyl groups is 1. The first-order valence-corrected chi connectivity index (χ1v) is 7.69. The van der Waals surface area contributed by atoms with Crippen LogP contribution in [-0.4, -0.2) is 38.1 Å². The zero-order valence-electron chi connectivity index (χ0n) is 12.8. The summed E-state index contributed by atoms with van der Waals surface area (Å²) >= 11 is 0. The molecule has 2 aromatic rings. The molecule has 0 radical (unpaired) electrons. The molecule has 0 spiro atoms. The van der Waals surface area contributed by atoms with Crippen LogP contribution in [0.1, 0.15) is 23.9 Å². The first kappa shape index (κ1) is 14.8. The van der Waals surface area contributed by atoms with E-state index in [0.29, 0.717) is 13.1 Å². The molecule has 3 rings (SSSR count). The number of fused-ring (bicyclic) bond motifs is 1. The number of hydrogen-bond donors (Lipinski definition) is 1. The van der Waals surface area contributed by atoms with Crippen molar-refractivity contribution in [2.45, 2.75) is 39.0 Å². The number of rotatable bonds is 4. The van der Waals surface area contributed by atoms with Crippen molar-refractivity contribution >= 4 is 5.91 Å². The Bertz CT molecular complexity index is 649. The third kappa shape index (κ3) is 3.04. The zero-order valence-corrected chi connectivity index (χ0v) is 12.8. The van der Waals surface area contributed by atoms with E-state index in [1.54, 1.807) is 4.90 Å². The molecule has 0 fully saturated rings. The Kier molecular flexibility index (Phi) is 4.24. The highest BCUT2D eigenvalue weighted by Crippen LogP contribution is 2.19. The molecular formula is C17H21N3O2. The summed E-state index contributed by atoms with van der Waals surface area (Å²) in [6.07, 6.45) is 2.69. The number of carbonyl (C=O) groups is 1. The van der Waals surface area contributed by atoms with Gasteiger partial charge < -0.3 is 14.6 Å². The molecule has 0 aliphatic carbocycles. The summed E-state index contributed by atoms with van der Waals surface area (Å²) in [5.41, 5.74) is 3.48. The van der Waals surface area contributed by atoms with Crippen molar-refractivity contribution in [1.29, 1.82) is 0 Å². The Morgan fingerprint density at radius 3 is 2.86 bits per heavy atom. The van der Waals surface area contributed by atoms with Gasteiger partial charge in [-0.3, -0.25) is 4.79 Å². The summed E-state index contributed by atoms with van der Waals surface area (Å²) < 4.78 is 2.19. The lowest BCUT2D eigenvalue weighted by molar-refractivity contribution is -0.140. The van der Waals surface area contributed by atoms with Crippen LogP contribution in [0, 0.1) is 0 Å². The van der Waals surface area contributed by atoms with Crippen LogP contribution in [0.4, 0.5) is 0 Å². The summed E-state index contributed by atoms with van der Waals surface area (Å²) in [5.74, 6) is -0.218. The van der Waals surface area contributed by atoms with Crippen LogP contribution in [0.15, 0.2) is 36.7 Å². The molecule has 0 saturated carbocycles. The van der Waals surface area contributed by atoms with Crippen molar-refractivity contribution in [1.82, 2.24) is 14.5 Å². The lowest BCUT2D eigenvalue weighted by atomic mass is 10.1. The third-order valence-corrected chi connectivity index (χ3v) is 4.15. The molecular weight excluding hydrogens is 278 g/mol. The quantitative estimate of drug-likeness (QED) is 0.928. The summed E-state index contributed by atoms with van der Waals surface area (Å²) in [6.45, 7) is 3.55. The maximum absolute atomic E-state index is 11.9. The van der Waals surface area contributed by atoms with Gasteiger partial charge in [-0.15, -0.1) is 0 Å². The fraction of sp³-hybridized carbons (Fsp3) is 0.412. The molecule has 22 heavy (non-hydrogen) atoms. The Morgan fingerprint density at radius 2 is 2.14 bits per heavy atom. The van der Waals surface area contributed by atoms with E-state index >= 15 is 0 Å². The molecule has 5 nitrogen and oxygen atoms in total. The van der Waals surface area contributed by atoms with E-state index in [0.717, 1.165) is 25.1 Å². The van der Waals surface area contributed by atoms with E-state index in [2.05, 4.69) is 33.8 Å². The lowest BCUT2D eigenvalue weighted by Crippen LogP contribution is -2.41. The molecule has 5 heteroatoms. The second-order valence-corrected chi connectivity index (χ2v) is 5.75. The van der Waals surface area contributed by atoms with Gasteiger partial charge in [0.1, 0.15) is 6.10 Å². The number of amides is 1. The number of nitrogens with zero attached hydrogens (tertiary/aromatic N) is 3. The molecule has 116 valence electrons. The van der Waals surface area contributed by atoms with E-state index < -0.39 is 6.10 Å². The van der Waals surface area contributed by atoms with Crippen molar-refractivity contribution in [2.24, 2.45) is 0 Å². The first-order valence-electron chi connectivity index (χ1n) is 7.69. The summed E-state index contributed by atoms with van der Waals surface area (Å²) in [4.78, 5) is 18.0. The van der Waals surface area contributed by atoms with Gasteiger partial charge in [-0.05, 0) is 18.9 Å². The predicted molar refractivity (Wildman–Crippen MR) is 83.2 cm³/mol. The van der Waals surface area contributed by atoms with Gasteiger partial charge in [0.2, 0.25) is 0 Å². The number of imidazole rings is 1. The zero-order chi connectivity index (χ0) is 15.5. The van der Waals surface area contributed by atoms with Gasteiger partial charge in [-0.1, -0.05) is 30.3 Å². The van der Waals surface area contributed by atoms with Gasteiger partial charge >= 0.3 is 0 Å². The highest BCUT2D eigenvalue weighted by Gasteiger charge is 2.26. The standard InChI is InChI=1S/C17H21N3O2/c1-13(21)17(22)19-10-8-16-15(11-19)18-12-20(16)9-7-14-5-3-2-4-6-14/h2-6,12-13,21H,7-11H2,1H3. The van der Waals surface area contributed by atoms with Gasteiger partial charge in [0, 0.05) is 25.2 Å². The monoisotopic (exact) mass is 299 g/mol. The fourth-order valence-electron chi connectivity index (χ4n) is 2.91. The Morgan fingerprint density at radius 1 is 1.36 bits per heavy atom. The summed E-state index contributed by atoms with van der Waals surface area (Å²) in [7, 11) is 0. The highest BCUT2D eigenvalue weighted by atomic mass is 16.3. The molecule has 1 aromatic heterocycles. The van der Waals surface area contributed by atoms with Gasteiger partial charge in [0.25, 0.3) is 5.91 Å². The second-order valence-electron chi connectivity index (χ2n) is 5.75. The maximum Gasteiger partial charge on any atom is 0.251 e. The molecule has 2 heterocycles. The van der Waals surface area contributed by atoms with E-state index in [1.807, 2.05) is 12.4 Å². The van der Waals surface area contributed by atoms with Crippen molar-refractivity contribution in [3.05, 3.63) is 53.6 Å². The van der Waals surface area contributed by atoms with Gasteiger partial charge in [-0.25, -0.2) is 4.98 Å². The van der Waals surface area contributed by atoms with E-state index in [9.17, 15) is 9.90 Å². The Balaban J connectivity index is 1.67. The molecule has 1 aromatic carbocycles. The van der Waals surface area contributed by atoms with Crippen LogP contribution in [0.2, 0.25) is 0 Å². The van der Waals surface area contributed by atoms with Crippen molar-refractivity contribution in [2.75, 3.05) is 6.54 Å². The van der Waals surface area contributed by atoms with E-state index in [1.165, 1.54) is 18.2 Å².